The van der Waals surface area contributed by atoms with E-state index in [-0.39, 0.29) is 29.6 Å². The van der Waals surface area contributed by atoms with Gasteiger partial charge in [-0.3, -0.25) is 4.79 Å². The van der Waals surface area contributed by atoms with Gasteiger partial charge in [0.05, 0.1) is 5.92 Å². The molecule has 19 heavy (non-hydrogen) atoms. The van der Waals surface area contributed by atoms with Crippen molar-refractivity contribution in [1.82, 2.24) is 15.5 Å². The third-order valence-corrected chi connectivity index (χ3v) is 3.58. The van der Waals surface area contributed by atoms with Crippen molar-refractivity contribution in [3.8, 4) is 0 Å². The predicted octanol–water partition coefficient (Wildman–Crippen LogP) is 1.50. The smallest absolute Gasteiger partial charge is 0.224 e. The molecule has 0 aromatic heterocycles. The lowest BCUT2D eigenvalue weighted by atomic mass is 9.89. The third-order valence-electron chi connectivity index (χ3n) is 3.58. The Balaban J connectivity index is 0.00000324. The van der Waals surface area contributed by atoms with E-state index in [1.165, 1.54) is 0 Å². The lowest BCUT2D eigenvalue weighted by Gasteiger charge is -2.32. The average Bonchev–Trinajstić information content (AvgIpc) is 2.25. The molecule has 1 saturated heterocycles. The van der Waals surface area contributed by atoms with Gasteiger partial charge in [-0.15, -0.1) is 12.4 Å². The maximum Gasteiger partial charge on any atom is 0.224 e. The first kappa shape index (κ1) is 18.7. The summed E-state index contributed by atoms with van der Waals surface area (Å²) < 4.78 is 0. The molecule has 2 unspecified atom stereocenters. The Bertz CT molecular complexity index is 282. The highest BCUT2D eigenvalue weighted by atomic mass is 35.5. The van der Waals surface area contributed by atoms with E-state index in [1.807, 2.05) is 0 Å². The van der Waals surface area contributed by atoms with Crippen LogP contribution in [0, 0.1) is 11.3 Å². The highest BCUT2D eigenvalue weighted by Crippen LogP contribution is 2.18. The van der Waals surface area contributed by atoms with Gasteiger partial charge in [0.15, 0.2) is 0 Å². The maximum atomic E-state index is 12.2. The van der Waals surface area contributed by atoms with Crippen LogP contribution in [0.4, 0.5) is 0 Å². The molecule has 1 aliphatic heterocycles. The van der Waals surface area contributed by atoms with Crippen LogP contribution in [0.1, 0.15) is 33.6 Å². The van der Waals surface area contributed by atoms with Crippen molar-refractivity contribution in [2.75, 3.05) is 33.7 Å². The monoisotopic (exact) mass is 291 g/mol. The molecule has 1 heterocycles. The van der Waals surface area contributed by atoms with Crippen molar-refractivity contribution in [2.24, 2.45) is 11.3 Å². The normalized spacial score (nSPS) is 23.9. The summed E-state index contributed by atoms with van der Waals surface area (Å²) in [5, 5.41) is 6.50. The van der Waals surface area contributed by atoms with E-state index < -0.39 is 0 Å². The van der Waals surface area contributed by atoms with Crippen molar-refractivity contribution >= 4 is 18.3 Å². The zero-order chi connectivity index (χ0) is 13.8. The van der Waals surface area contributed by atoms with Gasteiger partial charge in [0.2, 0.25) is 5.91 Å². The molecule has 0 radical (unpaired) electrons. The fourth-order valence-corrected chi connectivity index (χ4v) is 2.77. The fourth-order valence-electron chi connectivity index (χ4n) is 2.77. The number of amides is 1. The van der Waals surface area contributed by atoms with E-state index in [4.69, 9.17) is 0 Å². The van der Waals surface area contributed by atoms with Crippen molar-refractivity contribution < 1.29 is 4.79 Å². The molecule has 1 amide bonds. The maximum absolute atomic E-state index is 12.2. The van der Waals surface area contributed by atoms with Gasteiger partial charge in [0, 0.05) is 19.1 Å². The Labute approximate surface area is 124 Å². The van der Waals surface area contributed by atoms with Crippen LogP contribution in [-0.2, 0) is 4.79 Å². The number of piperidine rings is 1. The van der Waals surface area contributed by atoms with Gasteiger partial charge in [-0.05, 0) is 45.8 Å². The Hall–Kier alpha value is -0.320. The van der Waals surface area contributed by atoms with Crippen LogP contribution in [0.25, 0.3) is 0 Å². The molecular weight excluding hydrogens is 262 g/mol. The summed E-state index contributed by atoms with van der Waals surface area (Å²) in [5.74, 6) is 0.343. The lowest BCUT2D eigenvalue weighted by molar-refractivity contribution is -0.127. The largest absolute Gasteiger partial charge is 0.355 e. The molecule has 1 rings (SSSR count). The number of nitrogens with zero attached hydrogens (tertiary/aromatic N) is 1. The van der Waals surface area contributed by atoms with Gasteiger partial charge in [0.1, 0.15) is 0 Å². The third kappa shape index (κ3) is 6.59. The van der Waals surface area contributed by atoms with Crippen LogP contribution in [0.2, 0.25) is 0 Å². The summed E-state index contributed by atoms with van der Waals surface area (Å²) in [6.07, 6.45) is 2.11. The van der Waals surface area contributed by atoms with Crippen LogP contribution >= 0.6 is 12.4 Å². The molecule has 0 aromatic carbocycles. The summed E-state index contributed by atoms with van der Waals surface area (Å²) in [6, 6.07) is 0.302. The average molecular weight is 292 g/mol. The zero-order valence-electron chi connectivity index (χ0n) is 13.0. The van der Waals surface area contributed by atoms with E-state index in [0.717, 1.165) is 32.5 Å². The van der Waals surface area contributed by atoms with Gasteiger partial charge in [-0.2, -0.15) is 0 Å². The second-order valence-electron chi connectivity index (χ2n) is 6.61. The number of carbonyl (C=O) groups excluding carboxylic acids is 1. The molecule has 1 fully saturated rings. The first-order valence-electron chi connectivity index (χ1n) is 6.98. The molecular formula is C14H30ClN3O. The van der Waals surface area contributed by atoms with Crippen LogP contribution < -0.4 is 10.6 Å². The van der Waals surface area contributed by atoms with Crippen molar-refractivity contribution in [2.45, 2.75) is 39.7 Å². The fraction of sp³-hybridized carbons (Fsp3) is 0.929. The first-order chi connectivity index (χ1) is 8.32. The van der Waals surface area contributed by atoms with Crippen LogP contribution in [0.3, 0.4) is 0 Å². The van der Waals surface area contributed by atoms with E-state index in [0.29, 0.717) is 6.04 Å². The quantitative estimate of drug-likeness (QED) is 0.807. The summed E-state index contributed by atoms with van der Waals surface area (Å²) in [6.45, 7) is 9.25. The number of hydrogen-bond acceptors (Lipinski definition) is 3. The van der Waals surface area contributed by atoms with E-state index in [2.05, 4.69) is 50.4 Å². The summed E-state index contributed by atoms with van der Waals surface area (Å²) in [5.41, 5.74) is 0.116. The molecule has 0 spiro atoms. The van der Waals surface area contributed by atoms with Gasteiger partial charge >= 0.3 is 0 Å². The minimum absolute atomic E-state index is 0. The molecule has 0 bridgehead atoms. The summed E-state index contributed by atoms with van der Waals surface area (Å²) in [4.78, 5) is 14.3. The molecule has 1 aliphatic rings. The molecule has 2 N–H and O–H groups in total. The molecule has 0 saturated carbocycles. The summed E-state index contributed by atoms with van der Waals surface area (Å²) in [7, 11) is 4.13. The first-order valence-corrected chi connectivity index (χ1v) is 6.98. The lowest BCUT2D eigenvalue weighted by Crippen LogP contribution is -2.49. The molecule has 0 aromatic rings. The highest BCUT2D eigenvalue weighted by Gasteiger charge is 2.28. The highest BCUT2D eigenvalue weighted by molar-refractivity contribution is 5.85. The minimum Gasteiger partial charge on any atom is -0.355 e. The number of nitrogens with one attached hydrogen (secondary N) is 2. The SMILES string of the molecule is CC1NCCCC1C(=O)NCC(C)(C)CN(C)C.Cl. The Morgan fingerprint density at radius 3 is 2.58 bits per heavy atom. The predicted molar refractivity (Wildman–Crippen MR) is 82.8 cm³/mol. The van der Waals surface area contributed by atoms with Crippen LogP contribution in [-0.4, -0.2) is 50.6 Å². The summed E-state index contributed by atoms with van der Waals surface area (Å²) >= 11 is 0. The second-order valence-corrected chi connectivity index (χ2v) is 6.61. The molecule has 0 aliphatic carbocycles. The van der Waals surface area contributed by atoms with Gasteiger partial charge in [-0.1, -0.05) is 13.8 Å². The van der Waals surface area contributed by atoms with E-state index in [1.54, 1.807) is 0 Å². The number of rotatable bonds is 5. The number of carbonyl (C=O) groups is 1. The molecule has 5 heteroatoms. The standard InChI is InChI=1S/C14H29N3O.ClH/c1-11-12(7-6-8-15-11)13(18)16-9-14(2,3)10-17(4)5;/h11-12,15H,6-10H2,1-5H3,(H,16,18);1H. The molecule has 4 nitrogen and oxygen atoms in total. The zero-order valence-corrected chi connectivity index (χ0v) is 13.8. The van der Waals surface area contributed by atoms with Gasteiger partial charge < -0.3 is 15.5 Å². The van der Waals surface area contributed by atoms with Gasteiger partial charge in [-0.25, -0.2) is 0 Å². The van der Waals surface area contributed by atoms with Crippen molar-refractivity contribution in [3.63, 3.8) is 0 Å². The van der Waals surface area contributed by atoms with Crippen molar-refractivity contribution in [1.29, 1.82) is 0 Å². The van der Waals surface area contributed by atoms with E-state index >= 15 is 0 Å². The Kier molecular flexibility index (Phi) is 7.94. The van der Waals surface area contributed by atoms with Crippen LogP contribution in [0.15, 0.2) is 0 Å². The van der Waals surface area contributed by atoms with Gasteiger partial charge in [0.25, 0.3) is 0 Å². The van der Waals surface area contributed by atoms with Crippen molar-refractivity contribution in [3.05, 3.63) is 0 Å². The van der Waals surface area contributed by atoms with E-state index in [9.17, 15) is 4.79 Å². The minimum atomic E-state index is 0. The van der Waals surface area contributed by atoms with Crippen LogP contribution in [0.5, 0.6) is 0 Å². The number of hydrogen-bond donors (Lipinski definition) is 2. The molecule has 2 atom stereocenters. The number of halogens is 1. The Morgan fingerprint density at radius 1 is 1.42 bits per heavy atom. The topological polar surface area (TPSA) is 44.4 Å². The second kappa shape index (κ2) is 8.08. The molecule has 114 valence electrons. The Morgan fingerprint density at radius 2 is 2.05 bits per heavy atom.